The molecule has 1 aliphatic rings. The Morgan fingerprint density at radius 2 is 2.08 bits per heavy atom. The van der Waals surface area contributed by atoms with Crippen molar-refractivity contribution in [2.75, 3.05) is 12.8 Å². The minimum atomic E-state index is -3.82. The van der Waals surface area contributed by atoms with Gasteiger partial charge in [-0.05, 0) is 0 Å². The normalized spacial score (nSPS) is 49.2. The average Bonchev–Trinajstić information content (AvgIpc) is 1.96. The molecule has 12 heavy (non-hydrogen) atoms. The molecule has 0 saturated carbocycles. The predicted octanol–water partition coefficient (Wildman–Crippen LogP) is -1.72. The lowest BCUT2D eigenvalue weighted by molar-refractivity contribution is -0.0782. The van der Waals surface area contributed by atoms with Gasteiger partial charge in [0.15, 0.2) is 0 Å². The number of rotatable bonds is 1. The largest absolute Gasteiger partial charge is 0.394 e. The van der Waals surface area contributed by atoms with Crippen molar-refractivity contribution < 1.29 is 29.3 Å². The van der Waals surface area contributed by atoms with E-state index in [1.165, 1.54) is 0 Å². The van der Waals surface area contributed by atoms with Crippen LogP contribution in [-0.2, 0) is 9.09 Å². The maximum absolute atomic E-state index is 10.9. The van der Waals surface area contributed by atoms with Crippen LogP contribution in [0.25, 0.3) is 0 Å². The summed E-state index contributed by atoms with van der Waals surface area (Å²) in [6.07, 6.45) is -4.29. The molecule has 1 unspecified atom stereocenters. The maximum Gasteiger partial charge on any atom is 0.331 e. The second-order valence-corrected chi connectivity index (χ2v) is 4.56. The number of aliphatic hydroxyl groups excluding tert-OH is 3. The molecule has 72 valence electrons. The SMILES string of the molecule is O=P1(O)C[C@@H](O)[C@@H](O)[C@H](CO)O1. The fraction of sp³-hybridized carbons (Fsp3) is 1.00. The molecule has 1 aliphatic heterocycles. The lowest BCUT2D eigenvalue weighted by atomic mass is 10.1. The highest BCUT2D eigenvalue weighted by Gasteiger charge is 2.41. The zero-order valence-electron chi connectivity index (χ0n) is 6.20. The van der Waals surface area contributed by atoms with Gasteiger partial charge in [-0.1, -0.05) is 0 Å². The first-order valence-corrected chi connectivity index (χ1v) is 5.20. The van der Waals surface area contributed by atoms with Crippen molar-refractivity contribution in [1.82, 2.24) is 0 Å². The summed E-state index contributed by atoms with van der Waals surface area (Å²) in [4.78, 5) is 8.92. The van der Waals surface area contributed by atoms with E-state index in [9.17, 15) is 4.57 Å². The summed E-state index contributed by atoms with van der Waals surface area (Å²) < 4.78 is 15.4. The van der Waals surface area contributed by atoms with Crippen molar-refractivity contribution >= 4 is 7.60 Å². The molecule has 1 heterocycles. The summed E-state index contributed by atoms with van der Waals surface area (Å²) in [7, 11) is -3.82. The smallest absolute Gasteiger partial charge is 0.331 e. The highest BCUT2D eigenvalue weighted by Crippen LogP contribution is 2.48. The summed E-state index contributed by atoms with van der Waals surface area (Å²) in [5, 5.41) is 26.7. The second kappa shape index (κ2) is 3.41. The molecule has 0 aromatic rings. The molecule has 0 spiro atoms. The first kappa shape index (κ1) is 10.1. The third-order valence-electron chi connectivity index (χ3n) is 1.67. The van der Waals surface area contributed by atoms with E-state index >= 15 is 0 Å². The number of hydrogen-bond donors (Lipinski definition) is 4. The van der Waals surface area contributed by atoms with Crippen LogP contribution in [0.4, 0.5) is 0 Å². The molecule has 6 nitrogen and oxygen atoms in total. The Morgan fingerprint density at radius 3 is 2.58 bits per heavy atom. The molecule has 4 atom stereocenters. The highest BCUT2D eigenvalue weighted by atomic mass is 31.2. The van der Waals surface area contributed by atoms with E-state index in [0.29, 0.717) is 0 Å². The molecule has 7 heteroatoms. The molecule has 1 rings (SSSR count). The van der Waals surface area contributed by atoms with Crippen molar-refractivity contribution in [3.63, 3.8) is 0 Å². The molecular weight excluding hydrogens is 187 g/mol. The summed E-state index contributed by atoms with van der Waals surface area (Å²) >= 11 is 0. The van der Waals surface area contributed by atoms with E-state index in [-0.39, 0.29) is 0 Å². The quantitative estimate of drug-likeness (QED) is 0.373. The number of hydrogen-bond acceptors (Lipinski definition) is 5. The van der Waals surface area contributed by atoms with Gasteiger partial charge in [-0.2, -0.15) is 0 Å². The molecule has 0 aromatic carbocycles. The van der Waals surface area contributed by atoms with E-state index in [2.05, 4.69) is 4.52 Å². The van der Waals surface area contributed by atoms with Gasteiger partial charge in [-0.3, -0.25) is 9.09 Å². The molecular formula is C5H11O6P. The standard InChI is InChI=1S/C5H11O6P/c6-1-4-5(8)3(7)2-12(9,10)11-4/h3-8H,1-2H2,(H,9,10)/t3-,4+,5-/m1/s1. The molecule has 4 N–H and O–H groups in total. The summed E-state index contributed by atoms with van der Waals surface area (Å²) in [5.74, 6) is 0. The minimum Gasteiger partial charge on any atom is -0.394 e. The summed E-state index contributed by atoms with van der Waals surface area (Å²) in [5.41, 5.74) is 0. The third-order valence-corrected chi connectivity index (χ3v) is 3.11. The Balaban J connectivity index is 2.71. The van der Waals surface area contributed by atoms with Crippen LogP contribution in [0.2, 0.25) is 0 Å². The van der Waals surface area contributed by atoms with Crippen molar-refractivity contribution in [1.29, 1.82) is 0 Å². The fourth-order valence-corrected chi connectivity index (χ4v) is 2.44. The molecule has 1 fully saturated rings. The molecule has 0 amide bonds. The first-order chi connectivity index (χ1) is 5.46. The van der Waals surface area contributed by atoms with E-state index in [4.69, 9.17) is 20.2 Å². The van der Waals surface area contributed by atoms with Gasteiger partial charge in [-0.15, -0.1) is 0 Å². The van der Waals surface area contributed by atoms with E-state index in [1.807, 2.05) is 0 Å². The van der Waals surface area contributed by atoms with E-state index < -0.39 is 38.7 Å². The van der Waals surface area contributed by atoms with Crippen LogP contribution >= 0.6 is 7.60 Å². The molecule has 0 aliphatic carbocycles. The van der Waals surface area contributed by atoms with Crippen molar-refractivity contribution in [2.24, 2.45) is 0 Å². The molecule has 0 radical (unpaired) electrons. The van der Waals surface area contributed by atoms with E-state index in [1.54, 1.807) is 0 Å². The second-order valence-electron chi connectivity index (χ2n) is 2.70. The third kappa shape index (κ3) is 2.04. The fourth-order valence-electron chi connectivity index (χ4n) is 1.05. The van der Waals surface area contributed by atoms with Crippen LogP contribution in [0, 0.1) is 0 Å². The number of aliphatic hydroxyl groups is 3. The zero-order valence-corrected chi connectivity index (χ0v) is 7.09. The monoisotopic (exact) mass is 198 g/mol. The van der Waals surface area contributed by atoms with Gasteiger partial charge in [-0.25, -0.2) is 0 Å². The van der Waals surface area contributed by atoms with Crippen LogP contribution < -0.4 is 0 Å². The lowest BCUT2D eigenvalue weighted by Crippen LogP contribution is -2.46. The van der Waals surface area contributed by atoms with Crippen LogP contribution in [0.15, 0.2) is 0 Å². The Kier molecular flexibility index (Phi) is 2.88. The summed E-state index contributed by atoms with van der Waals surface area (Å²) in [6, 6.07) is 0. The lowest BCUT2D eigenvalue weighted by Gasteiger charge is -2.33. The van der Waals surface area contributed by atoms with Gasteiger partial charge in [0.2, 0.25) is 0 Å². The Labute approximate surface area is 68.9 Å². The van der Waals surface area contributed by atoms with Crippen molar-refractivity contribution in [2.45, 2.75) is 18.3 Å². The average molecular weight is 198 g/mol. The van der Waals surface area contributed by atoms with Crippen LogP contribution in [0.1, 0.15) is 0 Å². The van der Waals surface area contributed by atoms with Crippen molar-refractivity contribution in [3.05, 3.63) is 0 Å². The van der Waals surface area contributed by atoms with Gasteiger partial charge >= 0.3 is 7.60 Å². The van der Waals surface area contributed by atoms with Crippen molar-refractivity contribution in [3.8, 4) is 0 Å². The highest BCUT2D eigenvalue weighted by molar-refractivity contribution is 7.52. The summed E-state index contributed by atoms with van der Waals surface area (Å²) in [6.45, 7) is -0.594. The predicted molar refractivity (Wildman–Crippen MR) is 38.7 cm³/mol. The molecule has 1 saturated heterocycles. The van der Waals surface area contributed by atoms with Gasteiger partial charge < -0.3 is 20.2 Å². The Hall–Kier alpha value is 0.0300. The van der Waals surface area contributed by atoms with Crippen LogP contribution in [0.5, 0.6) is 0 Å². The maximum atomic E-state index is 10.9. The Bertz CT molecular complexity index is 206. The van der Waals surface area contributed by atoms with Crippen LogP contribution in [-0.4, -0.2) is 51.3 Å². The van der Waals surface area contributed by atoms with E-state index in [0.717, 1.165) is 0 Å². The van der Waals surface area contributed by atoms with Gasteiger partial charge in [0, 0.05) is 0 Å². The Morgan fingerprint density at radius 1 is 1.50 bits per heavy atom. The first-order valence-electron chi connectivity index (χ1n) is 3.43. The molecule has 0 bridgehead atoms. The zero-order chi connectivity index (χ0) is 9.35. The van der Waals surface area contributed by atoms with Gasteiger partial charge in [0.25, 0.3) is 0 Å². The minimum absolute atomic E-state index is 0.495. The van der Waals surface area contributed by atoms with Gasteiger partial charge in [0.1, 0.15) is 12.2 Å². The topological polar surface area (TPSA) is 107 Å². The molecule has 0 aromatic heterocycles. The van der Waals surface area contributed by atoms with Gasteiger partial charge in [0.05, 0.1) is 18.9 Å². The van der Waals surface area contributed by atoms with Crippen LogP contribution in [0.3, 0.4) is 0 Å².